The molecule has 0 fully saturated rings. The second-order valence-corrected chi connectivity index (χ2v) is 5.86. The maximum atomic E-state index is 12.0. The van der Waals surface area contributed by atoms with Gasteiger partial charge in [0.25, 0.3) is 0 Å². The third kappa shape index (κ3) is 2.08. The van der Waals surface area contributed by atoms with Crippen LogP contribution < -0.4 is 5.32 Å². The maximum Gasteiger partial charge on any atom is 0.340 e. The Kier molecular flexibility index (Phi) is 3.08. The van der Waals surface area contributed by atoms with Crippen molar-refractivity contribution in [1.82, 2.24) is 0 Å². The van der Waals surface area contributed by atoms with E-state index >= 15 is 0 Å². The average Bonchev–Trinajstić information content (AvgIpc) is 2.46. The number of anilines is 1. The Morgan fingerprint density at radius 2 is 2.11 bits per heavy atom. The van der Waals surface area contributed by atoms with E-state index in [0.29, 0.717) is 0 Å². The molecule has 0 aromatic heterocycles. The van der Waals surface area contributed by atoms with Gasteiger partial charge in [-0.15, -0.1) is 0 Å². The molecule has 0 aliphatic carbocycles. The van der Waals surface area contributed by atoms with Crippen molar-refractivity contribution in [1.29, 1.82) is 0 Å². The number of esters is 1. The van der Waals surface area contributed by atoms with Gasteiger partial charge in [0.1, 0.15) is 0 Å². The lowest BCUT2D eigenvalue weighted by Gasteiger charge is -2.10. The fraction of sp³-hybridized carbons (Fsp3) is 0.273. The van der Waals surface area contributed by atoms with Crippen molar-refractivity contribution in [2.45, 2.75) is 11.3 Å². The third-order valence-electron chi connectivity index (χ3n) is 2.63. The van der Waals surface area contributed by atoms with Crippen molar-refractivity contribution < 1.29 is 22.7 Å². The zero-order chi connectivity index (χ0) is 13.3. The Bertz CT molecular complexity index is 620. The molecule has 0 bridgehead atoms. The summed E-state index contributed by atoms with van der Waals surface area (Å²) in [6.07, 6.45) is -0.127. The largest absolute Gasteiger partial charge is 0.465 e. The van der Waals surface area contributed by atoms with Gasteiger partial charge < -0.3 is 10.1 Å². The molecule has 0 saturated carbocycles. The molecule has 1 aromatic carbocycles. The van der Waals surface area contributed by atoms with Crippen molar-refractivity contribution >= 4 is 27.4 Å². The number of para-hydroxylation sites is 1. The molecular formula is C11H11NO5S. The summed E-state index contributed by atoms with van der Waals surface area (Å²) >= 11 is 0. The van der Waals surface area contributed by atoms with Crippen molar-refractivity contribution in [3.8, 4) is 0 Å². The van der Waals surface area contributed by atoms with E-state index in [2.05, 4.69) is 10.1 Å². The SMILES string of the molecule is COC(=O)c1cccc2c1NC(=O)CCS2(=O)=O. The number of methoxy groups -OCH3 is 1. The lowest BCUT2D eigenvalue weighted by molar-refractivity contribution is -0.115. The predicted octanol–water partition coefficient (Wildman–Crippen LogP) is 0.589. The molecule has 0 saturated heterocycles. The van der Waals surface area contributed by atoms with Crippen molar-refractivity contribution in [3.05, 3.63) is 23.8 Å². The molecule has 0 radical (unpaired) electrons. The quantitative estimate of drug-likeness (QED) is 0.754. The van der Waals surface area contributed by atoms with Crippen molar-refractivity contribution in [2.75, 3.05) is 18.2 Å². The van der Waals surface area contributed by atoms with Crippen LogP contribution in [0.25, 0.3) is 0 Å². The molecule has 1 aromatic rings. The van der Waals surface area contributed by atoms with Crippen molar-refractivity contribution in [2.24, 2.45) is 0 Å². The number of nitrogens with one attached hydrogen (secondary N) is 1. The van der Waals surface area contributed by atoms with E-state index in [1.807, 2.05) is 0 Å². The van der Waals surface area contributed by atoms with E-state index in [1.165, 1.54) is 25.3 Å². The van der Waals surface area contributed by atoms with Crippen LogP contribution in [0, 0.1) is 0 Å². The normalized spacial score (nSPS) is 17.3. The number of fused-ring (bicyclic) bond motifs is 1. The number of hydrogen-bond acceptors (Lipinski definition) is 5. The van der Waals surface area contributed by atoms with E-state index in [1.54, 1.807) is 0 Å². The molecule has 1 aliphatic heterocycles. The van der Waals surface area contributed by atoms with E-state index in [4.69, 9.17) is 0 Å². The first-order chi connectivity index (χ1) is 8.45. The number of amides is 1. The van der Waals surface area contributed by atoms with E-state index in [0.717, 1.165) is 0 Å². The van der Waals surface area contributed by atoms with Crippen LogP contribution >= 0.6 is 0 Å². The van der Waals surface area contributed by atoms with Gasteiger partial charge >= 0.3 is 5.97 Å². The maximum absolute atomic E-state index is 12.0. The number of ether oxygens (including phenoxy) is 1. The summed E-state index contributed by atoms with van der Waals surface area (Å²) in [4.78, 5) is 23.0. The molecule has 0 spiro atoms. The number of carbonyl (C=O) groups excluding carboxylic acids is 2. The van der Waals surface area contributed by atoms with Gasteiger partial charge in [-0.05, 0) is 12.1 Å². The number of sulfone groups is 1. The first-order valence-corrected chi connectivity index (χ1v) is 6.85. The molecule has 2 rings (SSSR count). The Balaban J connectivity index is 2.70. The van der Waals surface area contributed by atoms with Crippen LogP contribution in [0.5, 0.6) is 0 Å². The lowest BCUT2D eigenvalue weighted by atomic mass is 10.1. The molecule has 1 amide bonds. The summed E-state index contributed by atoms with van der Waals surface area (Å²) in [5.74, 6) is -1.39. The molecule has 18 heavy (non-hydrogen) atoms. The summed E-state index contributed by atoms with van der Waals surface area (Å²) in [6, 6.07) is 4.22. The van der Waals surface area contributed by atoms with Gasteiger partial charge in [0.05, 0.1) is 29.0 Å². The average molecular weight is 269 g/mol. The lowest BCUT2D eigenvalue weighted by Crippen LogP contribution is -2.14. The van der Waals surface area contributed by atoms with Crippen LogP contribution in [0.15, 0.2) is 23.1 Å². The molecule has 6 nitrogen and oxygen atoms in total. The standard InChI is InChI=1S/C11H11NO5S/c1-17-11(14)7-3-2-4-8-10(7)12-9(13)5-6-18(8,15)16/h2-4H,5-6H2,1H3,(H,12,13). The van der Waals surface area contributed by atoms with Gasteiger partial charge in [-0.2, -0.15) is 0 Å². The van der Waals surface area contributed by atoms with Gasteiger partial charge in [-0.3, -0.25) is 4.79 Å². The molecular weight excluding hydrogens is 258 g/mol. The van der Waals surface area contributed by atoms with Crippen LogP contribution in [-0.4, -0.2) is 33.2 Å². The fourth-order valence-corrected chi connectivity index (χ4v) is 3.17. The number of carbonyl (C=O) groups is 2. The second-order valence-electron chi connectivity index (χ2n) is 3.79. The molecule has 0 unspecified atom stereocenters. The first kappa shape index (κ1) is 12.6. The van der Waals surface area contributed by atoms with Crippen molar-refractivity contribution in [3.63, 3.8) is 0 Å². The van der Waals surface area contributed by atoms with E-state index in [9.17, 15) is 18.0 Å². The predicted molar refractivity (Wildman–Crippen MR) is 63.1 cm³/mol. The summed E-state index contributed by atoms with van der Waals surface area (Å²) in [5, 5.41) is 2.44. The van der Waals surface area contributed by atoms with Gasteiger partial charge in [-0.1, -0.05) is 6.07 Å². The molecule has 7 heteroatoms. The number of benzene rings is 1. The van der Waals surface area contributed by atoms with Gasteiger partial charge in [0.2, 0.25) is 5.91 Å². The van der Waals surface area contributed by atoms with Crippen LogP contribution in [0.1, 0.15) is 16.8 Å². The molecule has 1 N–H and O–H groups in total. The highest BCUT2D eigenvalue weighted by atomic mass is 32.2. The number of hydrogen-bond donors (Lipinski definition) is 1. The highest BCUT2D eigenvalue weighted by molar-refractivity contribution is 7.91. The Hall–Kier alpha value is -1.89. The highest BCUT2D eigenvalue weighted by Crippen LogP contribution is 2.29. The zero-order valence-electron chi connectivity index (χ0n) is 9.60. The monoisotopic (exact) mass is 269 g/mol. The van der Waals surface area contributed by atoms with Gasteiger partial charge in [0.15, 0.2) is 9.84 Å². The minimum Gasteiger partial charge on any atom is -0.465 e. The summed E-state index contributed by atoms with van der Waals surface area (Å²) in [7, 11) is -2.38. The Morgan fingerprint density at radius 3 is 2.78 bits per heavy atom. The van der Waals surface area contributed by atoms with E-state index in [-0.39, 0.29) is 28.3 Å². The van der Waals surface area contributed by atoms with Crippen LogP contribution in [0.4, 0.5) is 5.69 Å². The minimum absolute atomic E-state index is 0.00634. The first-order valence-electron chi connectivity index (χ1n) is 5.19. The fourth-order valence-electron chi connectivity index (χ4n) is 1.74. The molecule has 1 heterocycles. The van der Waals surface area contributed by atoms with Gasteiger partial charge in [-0.25, -0.2) is 13.2 Å². The van der Waals surface area contributed by atoms with Crippen LogP contribution in [0.3, 0.4) is 0 Å². The van der Waals surface area contributed by atoms with E-state index < -0.39 is 21.7 Å². The summed E-state index contributed by atoms with van der Waals surface area (Å²) < 4.78 is 28.5. The molecule has 0 atom stereocenters. The number of rotatable bonds is 1. The Morgan fingerprint density at radius 1 is 1.39 bits per heavy atom. The topological polar surface area (TPSA) is 89.5 Å². The highest BCUT2D eigenvalue weighted by Gasteiger charge is 2.28. The van der Waals surface area contributed by atoms with Crippen LogP contribution in [0.2, 0.25) is 0 Å². The minimum atomic E-state index is -3.57. The smallest absolute Gasteiger partial charge is 0.340 e. The zero-order valence-corrected chi connectivity index (χ0v) is 10.4. The third-order valence-corrected chi connectivity index (χ3v) is 4.38. The molecule has 1 aliphatic rings. The van der Waals surface area contributed by atoms with Crippen LogP contribution in [-0.2, 0) is 19.4 Å². The summed E-state index contributed by atoms with van der Waals surface area (Å²) in [6.45, 7) is 0. The van der Waals surface area contributed by atoms with Gasteiger partial charge in [0, 0.05) is 6.42 Å². The molecule has 96 valence electrons. The summed E-state index contributed by atoms with van der Waals surface area (Å²) in [5.41, 5.74) is 0.0423. The Labute approximate surface area is 104 Å². The second kappa shape index (κ2) is 4.41.